The summed E-state index contributed by atoms with van der Waals surface area (Å²) >= 11 is 2.13. The Balaban J connectivity index is 2.15. The van der Waals surface area contributed by atoms with Crippen molar-refractivity contribution in [3.05, 3.63) is 63.2 Å². The minimum Gasteiger partial charge on any atom is -0.423 e. The highest BCUT2D eigenvalue weighted by atomic mass is 127. The van der Waals surface area contributed by atoms with E-state index in [2.05, 4.69) is 43.4 Å². The number of hydrogen-bond donors (Lipinski definition) is 0. The molecule has 20 heavy (non-hydrogen) atoms. The van der Waals surface area contributed by atoms with Crippen molar-refractivity contribution in [2.24, 2.45) is 0 Å². The van der Waals surface area contributed by atoms with E-state index in [9.17, 15) is 4.79 Å². The second-order valence-corrected chi connectivity index (χ2v) is 6.81. The third-order valence-corrected chi connectivity index (χ3v) is 3.97. The molecule has 2 rings (SSSR count). The minimum absolute atomic E-state index is 0.0946. The van der Waals surface area contributed by atoms with Gasteiger partial charge in [-0.05, 0) is 57.8 Å². The highest BCUT2D eigenvalue weighted by Crippen LogP contribution is 2.25. The Morgan fingerprint density at radius 1 is 1.00 bits per heavy atom. The molecule has 0 atom stereocenters. The van der Waals surface area contributed by atoms with E-state index in [4.69, 9.17) is 4.74 Å². The van der Waals surface area contributed by atoms with Gasteiger partial charge in [-0.2, -0.15) is 0 Å². The van der Waals surface area contributed by atoms with Crippen molar-refractivity contribution in [2.45, 2.75) is 26.2 Å². The average Bonchev–Trinajstić information content (AvgIpc) is 2.38. The maximum absolute atomic E-state index is 12.1. The van der Waals surface area contributed by atoms with E-state index < -0.39 is 0 Å². The number of hydrogen-bond acceptors (Lipinski definition) is 2. The van der Waals surface area contributed by atoms with Gasteiger partial charge in [-0.15, -0.1) is 0 Å². The lowest BCUT2D eigenvalue weighted by Crippen LogP contribution is -2.12. The minimum atomic E-state index is -0.321. The van der Waals surface area contributed by atoms with Crippen LogP contribution < -0.4 is 4.74 Å². The largest absolute Gasteiger partial charge is 0.423 e. The van der Waals surface area contributed by atoms with Crippen molar-refractivity contribution in [3.63, 3.8) is 0 Å². The Bertz CT molecular complexity index is 610. The van der Waals surface area contributed by atoms with Crippen LogP contribution in [0.15, 0.2) is 48.5 Å². The van der Waals surface area contributed by atoms with Crippen LogP contribution in [0.3, 0.4) is 0 Å². The summed E-state index contributed by atoms with van der Waals surface area (Å²) in [7, 11) is 0. The summed E-state index contributed by atoms with van der Waals surface area (Å²) in [5.74, 6) is 0.251. The summed E-state index contributed by atoms with van der Waals surface area (Å²) in [6, 6.07) is 15.1. The van der Waals surface area contributed by atoms with E-state index in [1.165, 1.54) is 5.56 Å². The molecule has 0 spiro atoms. The molecule has 0 saturated carbocycles. The molecule has 0 aromatic heterocycles. The van der Waals surface area contributed by atoms with Crippen LogP contribution in [0.2, 0.25) is 0 Å². The molecule has 0 N–H and O–H groups in total. The van der Waals surface area contributed by atoms with Crippen LogP contribution in [0.5, 0.6) is 5.75 Å². The monoisotopic (exact) mass is 380 g/mol. The zero-order chi connectivity index (χ0) is 14.8. The molecule has 0 radical (unpaired) electrons. The maximum atomic E-state index is 12.1. The maximum Gasteiger partial charge on any atom is 0.344 e. The summed E-state index contributed by atoms with van der Waals surface area (Å²) in [4.78, 5) is 12.1. The molecular weight excluding hydrogens is 363 g/mol. The number of ether oxygens (including phenoxy) is 1. The molecular formula is C17H17IO2. The van der Waals surface area contributed by atoms with Gasteiger partial charge in [0.1, 0.15) is 5.75 Å². The van der Waals surface area contributed by atoms with E-state index >= 15 is 0 Å². The van der Waals surface area contributed by atoms with Gasteiger partial charge in [-0.1, -0.05) is 45.0 Å². The highest BCUT2D eigenvalue weighted by molar-refractivity contribution is 14.1. The fourth-order valence-corrected chi connectivity index (χ4v) is 2.42. The van der Waals surface area contributed by atoms with Crippen LogP contribution in [-0.2, 0) is 5.41 Å². The Kier molecular flexibility index (Phi) is 4.48. The second-order valence-electron chi connectivity index (χ2n) is 5.64. The molecule has 0 aliphatic rings. The van der Waals surface area contributed by atoms with Gasteiger partial charge in [-0.25, -0.2) is 4.79 Å². The summed E-state index contributed by atoms with van der Waals surface area (Å²) in [6.45, 7) is 6.46. The quantitative estimate of drug-likeness (QED) is 0.425. The number of carbonyl (C=O) groups is 1. The molecule has 0 aliphatic carbocycles. The molecule has 104 valence electrons. The first-order valence-electron chi connectivity index (χ1n) is 6.45. The summed E-state index contributed by atoms with van der Waals surface area (Å²) in [5, 5.41) is 0. The van der Waals surface area contributed by atoms with Crippen molar-refractivity contribution >= 4 is 28.6 Å². The van der Waals surface area contributed by atoms with Crippen LogP contribution in [0, 0.1) is 3.57 Å². The van der Waals surface area contributed by atoms with Crippen LogP contribution in [0.4, 0.5) is 0 Å². The van der Waals surface area contributed by atoms with Gasteiger partial charge in [0.2, 0.25) is 0 Å². The van der Waals surface area contributed by atoms with Gasteiger partial charge >= 0.3 is 5.97 Å². The molecule has 2 nitrogen and oxygen atoms in total. The van der Waals surface area contributed by atoms with Crippen molar-refractivity contribution < 1.29 is 9.53 Å². The highest BCUT2D eigenvalue weighted by Gasteiger charge is 2.15. The van der Waals surface area contributed by atoms with Gasteiger partial charge in [0.05, 0.1) is 5.56 Å². The Labute approximate surface area is 133 Å². The topological polar surface area (TPSA) is 26.3 Å². The van der Waals surface area contributed by atoms with Crippen molar-refractivity contribution in [1.29, 1.82) is 0 Å². The summed E-state index contributed by atoms with van der Waals surface area (Å²) < 4.78 is 6.30. The van der Waals surface area contributed by atoms with E-state index in [-0.39, 0.29) is 11.4 Å². The Morgan fingerprint density at radius 3 is 2.15 bits per heavy atom. The van der Waals surface area contributed by atoms with Crippen molar-refractivity contribution in [2.75, 3.05) is 0 Å². The number of halogens is 1. The molecule has 0 amide bonds. The lowest BCUT2D eigenvalue weighted by atomic mass is 9.87. The lowest BCUT2D eigenvalue weighted by molar-refractivity contribution is 0.0733. The molecule has 2 aromatic rings. The number of rotatable bonds is 2. The smallest absolute Gasteiger partial charge is 0.344 e. The van der Waals surface area contributed by atoms with Crippen LogP contribution in [0.25, 0.3) is 0 Å². The third-order valence-electron chi connectivity index (χ3n) is 3.02. The van der Waals surface area contributed by atoms with Gasteiger partial charge in [0.25, 0.3) is 0 Å². The first kappa shape index (κ1) is 15.0. The number of esters is 1. The second kappa shape index (κ2) is 5.95. The zero-order valence-corrected chi connectivity index (χ0v) is 14.0. The van der Waals surface area contributed by atoms with Crippen molar-refractivity contribution in [1.82, 2.24) is 0 Å². The standard InChI is InChI=1S/C17H17IO2/c1-17(2,3)12-8-10-13(11-9-12)20-16(19)14-6-4-5-7-15(14)18/h4-11H,1-3H3. The molecule has 0 bridgehead atoms. The van der Waals surface area contributed by atoms with Crippen LogP contribution in [0.1, 0.15) is 36.7 Å². The molecule has 3 heteroatoms. The van der Waals surface area contributed by atoms with E-state index in [1.807, 2.05) is 42.5 Å². The average molecular weight is 380 g/mol. The fourth-order valence-electron chi connectivity index (χ4n) is 1.81. The van der Waals surface area contributed by atoms with Gasteiger partial charge in [0.15, 0.2) is 0 Å². The van der Waals surface area contributed by atoms with Crippen LogP contribution in [-0.4, -0.2) is 5.97 Å². The normalized spacial score (nSPS) is 11.2. The molecule has 0 fully saturated rings. The SMILES string of the molecule is CC(C)(C)c1ccc(OC(=O)c2ccccc2I)cc1. The number of carbonyl (C=O) groups excluding carboxylic acids is 1. The van der Waals surface area contributed by atoms with Gasteiger partial charge in [-0.3, -0.25) is 0 Å². The summed E-state index contributed by atoms with van der Waals surface area (Å²) in [6.07, 6.45) is 0. The number of benzene rings is 2. The third kappa shape index (κ3) is 3.60. The van der Waals surface area contributed by atoms with Gasteiger partial charge in [0, 0.05) is 3.57 Å². The Hall–Kier alpha value is -1.36. The van der Waals surface area contributed by atoms with Gasteiger partial charge < -0.3 is 4.74 Å². The van der Waals surface area contributed by atoms with E-state index in [1.54, 1.807) is 6.07 Å². The van der Waals surface area contributed by atoms with E-state index in [0.29, 0.717) is 11.3 Å². The Morgan fingerprint density at radius 2 is 1.60 bits per heavy atom. The van der Waals surface area contributed by atoms with Crippen LogP contribution >= 0.6 is 22.6 Å². The summed E-state index contributed by atoms with van der Waals surface area (Å²) in [5.41, 5.74) is 1.90. The molecule has 0 unspecified atom stereocenters. The molecule has 0 heterocycles. The van der Waals surface area contributed by atoms with E-state index in [0.717, 1.165) is 3.57 Å². The predicted molar refractivity (Wildman–Crippen MR) is 89.3 cm³/mol. The molecule has 2 aromatic carbocycles. The first-order chi connectivity index (χ1) is 9.38. The first-order valence-corrected chi connectivity index (χ1v) is 7.53. The predicted octanol–water partition coefficient (Wildman–Crippen LogP) is 4.81. The molecule has 0 aliphatic heterocycles. The fraction of sp³-hybridized carbons (Fsp3) is 0.235. The lowest BCUT2D eigenvalue weighted by Gasteiger charge is -2.19. The zero-order valence-electron chi connectivity index (χ0n) is 11.8. The molecule has 0 saturated heterocycles. The van der Waals surface area contributed by atoms with Crippen molar-refractivity contribution in [3.8, 4) is 5.75 Å².